The maximum Gasteiger partial charge on any atom is 0.331 e. The van der Waals surface area contributed by atoms with Crippen LogP contribution in [0.2, 0.25) is 0 Å². The Hall–Kier alpha value is -2.19. The zero-order valence-corrected chi connectivity index (χ0v) is 11.1. The van der Waals surface area contributed by atoms with Gasteiger partial charge < -0.3 is 5.32 Å². The second-order valence-corrected chi connectivity index (χ2v) is 4.47. The third-order valence-electron chi connectivity index (χ3n) is 2.70. The molecule has 0 fully saturated rings. The maximum absolute atomic E-state index is 11.9. The van der Waals surface area contributed by atoms with Crippen LogP contribution in [-0.4, -0.2) is 16.9 Å². The summed E-state index contributed by atoms with van der Waals surface area (Å²) >= 11 is 4.05. The van der Waals surface area contributed by atoms with E-state index in [9.17, 15) is 4.79 Å². The molecule has 0 aromatic heterocycles. The van der Waals surface area contributed by atoms with Crippen LogP contribution in [0.3, 0.4) is 0 Å². The first-order chi connectivity index (χ1) is 9.22. The molecule has 0 bridgehead atoms. The number of hydrogen-bond donors (Lipinski definition) is 2. The molecule has 2 aromatic rings. The van der Waals surface area contributed by atoms with Gasteiger partial charge in [0.1, 0.15) is 0 Å². The molecule has 4 nitrogen and oxygen atoms in total. The van der Waals surface area contributed by atoms with Crippen molar-refractivity contribution in [2.75, 3.05) is 11.9 Å². The van der Waals surface area contributed by atoms with Crippen LogP contribution in [0.1, 0.15) is 6.42 Å². The third-order valence-corrected chi connectivity index (χ3v) is 3.08. The first-order valence-corrected chi connectivity index (χ1v) is 6.24. The van der Waals surface area contributed by atoms with E-state index in [2.05, 4.69) is 18.1 Å². The van der Waals surface area contributed by atoms with E-state index in [1.807, 2.05) is 48.5 Å². The Balaban J connectivity index is 2.18. The summed E-state index contributed by atoms with van der Waals surface area (Å²) in [6, 6.07) is 15.2. The number of carbonyl (C=O) groups excluding carboxylic acids is 1. The lowest BCUT2D eigenvalue weighted by atomic mass is 10.1. The molecular formula is C14H13N3OS. The summed E-state index contributed by atoms with van der Waals surface area (Å²) in [5.41, 5.74) is 0.735. The molecule has 0 spiro atoms. The largest absolute Gasteiger partial charge is 0.331 e. The van der Waals surface area contributed by atoms with Gasteiger partial charge in [0, 0.05) is 11.9 Å². The smallest absolute Gasteiger partial charge is 0.306 e. The molecule has 2 rings (SSSR count). The molecular weight excluding hydrogens is 258 g/mol. The molecule has 5 heteroatoms. The Morgan fingerprint density at radius 3 is 2.79 bits per heavy atom. The highest BCUT2D eigenvalue weighted by Gasteiger charge is 2.10. The summed E-state index contributed by atoms with van der Waals surface area (Å²) in [5.74, 6) is 0. The van der Waals surface area contributed by atoms with Crippen LogP contribution >= 0.6 is 12.8 Å². The van der Waals surface area contributed by atoms with Gasteiger partial charge in [0.05, 0.1) is 18.2 Å². The number of rotatable bonds is 3. The number of thiol groups is 1. The van der Waals surface area contributed by atoms with Crippen molar-refractivity contribution >= 4 is 35.3 Å². The Morgan fingerprint density at radius 1 is 1.26 bits per heavy atom. The number of nitrogens with one attached hydrogen (secondary N) is 1. The summed E-state index contributed by atoms with van der Waals surface area (Å²) < 4.78 is 1.20. The van der Waals surface area contributed by atoms with E-state index in [0.29, 0.717) is 0 Å². The van der Waals surface area contributed by atoms with Crippen molar-refractivity contribution in [1.82, 2.24) is 4.31 Å². The minimum absolute atomic E-state index is 0.256. The van der Waals surface area contributed by atoms with Gasteiger partial charge in [0.25, 0.3) is 0 Å². The van der Waals surface area contributed by atoms with E-state index in [4.69, 9.17) is 5.26 Å². The standard InChI is InChI=1S/C14H13N3OS/c15-9-4-10-17(19)14(18)16-13-8-3-6-11-5-1-2-7-12(11)13/h1-3,5-8,19H,4,10H2,(H,16,18). The first kappa shape index (κ1) is 13.2. The lowest BCUT2D eigenvalue weighted by Gasteiger charge is -2.16. The number of amides is 2. The Labute approximate surface area is 117 Å². The van der Waals surface area contributed by atoms with Crippen molar-refractivity contribution in [3.05, 3.63) is 42.5 Å². The number of nitriles is 1. The van der Waals surface area contributed by atoms with Crippen molar-refractivity contribution in [3.63, 3.8) is 0 Å². The lowest BCUT2D eigenvalue weighted by Crippen LogP contribution is -2.27. The van der Waals surface area contributed by atoms with Crippen molar-refractivity contribution in [3.8, 4) is 6.07 Å². The molecule has 2 amide bonds. The number of urea groups is 1. The van der Waals surface area contributed by atoms with Crippen LogP contribution in [0, 0.1) is 11.3 Å². The number of benzene rings is 2. The zero-order chi connectivity index (χ0) is 13.7. The lowest BCUT2D eigenvalue weighted by molar-refractivity contribution is 0.239. The fraction of sp³-hybridized carbons (Fsp3) is 0.143. The molecule has 2 aromatic carbocycles. The summed E-state index contributed by atoms with van der Waals surface area (Å²) in [6.45, 7) is 0.288. The number of nitrogens with zero attached hydrogens (tertiary/aromatic N) is 2. The molecule has 19 heavy (non-hydrogen) atoms. The third kappa shape index (κ3) is 3.18. The van der Waals surface area contributed by atoms with E-state index in [1.165, 1.54) is 4.31 Å². The number of anilines is 1. The summed E-state index contributed by atoms with van der Waals surface area (Å²) in [4.78, 5) is 11.9. The van der Waals surface area contributed by atoms with Crippen LogP contribution in [0.25, 0.3) is 10.8 Å². The molecule has 1 N–H and O–H groups in total. The average Bonchev–Trinajstić information content (AvgIpc) is 2.45. The van der Waals surface area contributed by atoms with Gasteiger partial charge in [-0.3, -0.25) is 4.31 Å². The summed E-state index contributed by atoms with van der Waals surface area (Å²) in [5, 5.41) is 13.3. The summed E-state index contributed by atoms with van der Waals surface area (Å²) in [7, 11) is 0. The molecule has 0 unspecified atom stereocenters. The van der Waals surface area contributed by atoms with Gasteiger partial charge in [-0.15, -0.1) is 0 Å². The molecule has 0 radical (unpaired) electrons. The summed E-state index contributed by atoms with van der Waals surface area (Å²) in [6.07, 6.45) is 0.256. The second-order valence-electron chi connectivity index (χ2n) is 3.99. The van der Waals surface area contributed by atoms with Gasteiger partial charge in [-0.1, -0.05) is 49.2 Å². The highest BCUT2D eigenvalue weighted by molar-refractivity contribution is 7.78. The van der Waals surface area contributed by atoms with Gasteiger partial charge in [-0.05, 0) is 11.5 Å². The normalized spacial score (nSPS) is 9.89. The average molecular weight is 271 g/mol. The van der Waals surface area contributed by atoms with Gasteiger partial charge in [0.2, 0.25) is 0 Å². The van der Waals surface area contributed by atoms with E-state index >= 15 is 0 Å². The Kier molecular flexibility index (Phi) is 4.26. The highest BCUT2D eigenvalue weighted by atomic mass is 32.1. The van der Waals surface area contributed by atoms with Crippen LogP contribution in [0.5, 0.6) is 0 Å². The molecule has 96 valence electrons. The van der Waals surface area contributed by atoms with Crippen molar-refractivity contribution in [2.45, 2.75) is 6.42 Å². The van der Waals surface area contributed by atoms with Gasteiger partial charge >= 0.3 is 6.03 Å². The van der Waals surface area contributed by atoms with Crippen LogP contribution in [-0.2, 0) is 0 Å². The van der Waals surface area contributed by atoms with Crippen LogP contribution in [0.15, 0.2) is 42.5 Å². The number of carbonyl (C=O) groups is 1. The van der Waals surface area contributed by atoms with Crippen molar-refractivity contribution in [1.29, 1.82) is 5.26 Å². The van der Waals surface area contributed by atoms with Crippen molar-refractivity contribution < 1.29 is 4.79 Å². The molecule has 0 saturated heterocycles. The zero-order valence-electron chi connectivity index (χ0n) is 10.2. The minimum atomic E-state index is -0.338. The second kappa shape index (κ2) is 6.12. The highest BCUT2D eigenvalue weighted by Crippen LogP contribution is 2.23. The number of fused-ring (bicyclic) bond motifs is 1. The van der Waals surface area contributed by atoms with E-state index in [1.54, 1.807) is 0 Å². The predicted molar refractivity (Wildman–Crippen MR) is 78.9 cm³/mol. The fourth-order valence-corrected chi connectivity index (χ4v) is 1.92. The SMILES string of the molecule is N#CCCN(S)C(=O)Nc1cccc2ccccc12. The first-order valence-electron chi connectivity index (χ1n) is 5.84. The molecule has 0 aliphatic rings. The maximum atomic E-state index is 11.9. The van der Waals surface area contributed by atoms with Gasteiger partial charge in [0.15, 0.2) is 0 Å². The topological polar surface area (TPSA) is 56.1 Å². The van der Waals surface area contributed by atoms with Crippen molar-refractivity contribution in [2.24, 2.45) is 0 Å². The predicted octanol–water partition coefficient (Wildman–Crippen LogP) is 3.43. The Morgan fingerprint density at radius 2 is 2.00 bits per heavy atom. The van der Waals surface area contributed by atoms with E-state index in [0.717, 1.165) is 16.5 Å². The quantitative estimate of drug-likeness (QED) is 0.840. The Bertz CT molecular complexity index is 631. The molecule has 0 atom stereocenters. The van der Waals surface area contributed by atoms with Gasteiger partial charge in [-0.25, -0.2) is 4.79 Å². The molecule has 0 aliphatic carbocycles. The molecule has 0 heterocycles. The van der Waals surface area contributed by atoms with Gasteiger partial charge in [-0.2, -0.15) is 5.26 Å². The molecule has 0 saturated carbocycles. The van der Waals surface area contributed by atoms with E-state index in [-0.39, 0.29) is 19.0 Å². The number of hydrogen-bond acceptors (Lipinski definition) is 3. The van der Waals surface area contributed by atoms with Crippen LogP contribution < -0.4 is 5.32 Å². The van der Waals surface area contributed by atoms with Crippen LogP contribution in [0.4, 0.5) is 10.5 Å². The fourth-order valence-electron chi connectivity index (χ4n) is 1.77. The molecule has 0 aliphatic heterocycles. The monoisotopic (exact) mass is 271 g/mol. The van der Waals surface area contributed by atoms with E-state index < -0.39 is 0 Å². The minimum Gasteiger partial charge on any atom is -0.306 e.